The standard InChI is InChI=1S/C16H25NO/c1-11(2)13-5-7-15(8-6-13)18-16-9-14(10-16)17-12(3)4/h5-8,11-12,14,16-17H,9-10H2,1-4H3/t14-,16-. The summed E-state index contributed by atoms with van der Waals surface area (Å²) >= 11 is 0. The van der Waals surface area contributed by atoms with E-state index >= 15 is 0 Å². The highest BCUT2D eigenvalue weighted by Crippen LogP contribution is 2.27. The summed E-state index contributed by atoms with van der Waals surface area (Å²) < 4.78 is 5.96. The molecule has 0 atom stereocenters. The van der Waals surface area contributed by atoms with Crippen molar-refractivity contribution in [3.8, 4) is 5.75 Å². The van der Waals surface area contributed by atoms with Crippen LogP contribution in [0, 0.1) is 0 Å². The first-order valence-corrected chi connectivity index (χ1v) is 7.07. The van der Waals surface area contributed by atoms with Crippen molar-refractivity contribution in [2.75, 3.05) is 0 Å². The Bertz CT molecular complexity index is 363. The van der Waals surface area contributed by atoms with Crippen LogP contribution in [0.4, 0.5) is 0 Å². The lowest BCUT2D eigenvalue weighted by molar-refractivity contribution is 0.0815. The third-order valence-corrected chi connectivity index (χ3v) is 3.51. The smallest absolute Gasteiger partial charge is 0.119 e. The first-order chi connectivity index (χ1) is 8.54. The predicted octanol–water partition coefficient (Wildman–Crippen LogP) is 3.72. The van der Waals surface area contributed by atoms with Crippen LogP contribution in [0.2, 0.25) is 0 Å². The van der Waals surface area contributed by atoms with Crippen LogP contribution in [0.5, 0.6) is 5.75 Å². The van der Waals surface area contributed by atoms with Gasteiger partial charge in [0.1, 0.15) is 11.9 Å². The molecule has 0 unspecified atom stereocenters. The molecule has 0 aromatic heterocycles. The maximum atomic E-state index is 5.96. The Morgan fingerprint density at radius 2 is 1.67 bits per heavy atom. The highest BCUT2D eigenvalue weighted by molar-refractivity contribution is 5.29. The van der Waals surface area contributed by atoms with E-state index in [1.165, 1.54) is 5.56 Å². The van der Waals surface area contributed by atoms with Crippen LogP contribution in [-0.4, -0.2) is 18.2 Å². The van der Waals surface area contributed by atoms with Gasteiger partial charge in [0.05, 0.1) is 0 Å². The van der Waals surface area contributed by atoms with Gasteiger partial charge in [0.25, 0.3) is 0 Å². The average molecular weight is 247 g/mol. The second-order valence-corrected chi connectivity index (χ2v) is 5.95. The van der Waals surface area contributed by atoms with E-state index in [2.05, 4.69) is 57.3 Å². The zero-order valence-electron chi connectivity index (χ0n) is 11.9. The van der Waals surface area contributed by atoms with E-state index in [1.807, 2.05) is 0 Å². The molecule has 0 heterocycles. The number of hydrogen-bond donors (Lipinski definition) is 1. The zero-order valence-corrected chi connectivity index (χ0v) is 11.9. The van der Waals surface area contributed by atoms with Gasteiger partial charge >= 0.3 is 0 Å². The molecular formula is C16H25NO. The Labute approximate surface area is 111 Å². The molecule has 0 amide bonds. The van der Waals surface area contributed by atoms with Crippen molar-refractivity contribution >= 4 is 0 Å². The Morgan fingerprint density at radius 1 is 1.06 bits per heavy atom. The molecule has 2 nitrogen and oxygen atoms in total. The second kappa shape index (κ2) is 5.75. The van der Waals surface area contributed by atoms with E-state index in [1.54, 1.807) is 0 Å². The molecule has 0 spiro atoms. The molecule has 1 fully saturated rings. The van der Waals surface area contributed by atoms with Gasteiger partial charge in [-0.3, -0.25) is 0 Å². The largest absolute Gasteiger partial charge is 0.490 e. The van der Waals surface area contributed by atoms with E-state index in [0.717, 1.165) is 18.6 Å². The number of hydrogen-bond acceptors (Lipinski definition) is 2. The Morgan fingerprint density at radius 3 is 2.17 bits per heavy atom. The molecule has 18 heavy (non-hydrogen) atoms. The number of nitrogens with one attached hydrogen (secondary N) is 1. The third kappa shape index (κ3) is 3.49. The highest BCUT2D eigenvalue weighted by atomic mass is 16.5. The topological polar surface area (TPSA) is 21.3 Å². The maximum Gasteiger partial charge on any atom is 0.119 e. The summed E-state index contributed by atoms with van der Waals surface area (Å²) in [6.07, 6.45) is 2.65. The monoisotopic (exact) mass is 247 g/mol. The molecule has 1 aliphatic rings. The lowest BCUT2D eigenvalue weighted by Gasteiger charge is -2.37. The molecule has 1 aliphatic carbocycles. The lowest BCUT2D eigenvalue weighted by atomic mass is 9.88. The summed E-state index contributed by atoms with van der Waals surface area (Å²) in [4.78, 5) is 0. The van der Waals surface area contributed by atoms with Crippen molar-refractivity contribution in [2.24, 2.45) is 0 Å². The molecule has 0 aliphatic heterocycles. The van der Waals surface area contributed by atoms with Gasteiger partial charge in [-0.05, 0) is 36.5 Å². The highest BCUT2D eigenvalue weighted by Gasteiger charge is 2.30. The molecule has 1 aromatic rings. The summed E-state index contributed by atoms with van der Waals surface area (Å²) in [5.41, 5.74) is 1.37. The van der Waals surface area contributed by atoms with E-state index < -0.39 is 0 Å². The van der Waals surface area contributed by atoms with Gasteiger partial charge < -0.3 is 10.1 Å². The van der Waals surface area contributed by atoms with Gasteiger partial charge in [0.2, 0.25) is 0 Å². The fourth-order valence-corrected chi connectivity index (χ4v) is 2.39. The summed E-state index contributed by atoms with van der Waals surface area (Å²) in [5.74, 6) is 1.59. The minimum absolute atomic E-state index is 0.395. The molecule has 2 heteroatoms. The molecular weight excluding hydrogens is 222 g/mol. The van der Waals surface area contributed by atoms with Gasteiger partial charge in [-0.15, -0.1) is 0 Å². The first-order valence-electron chi connectivity index (χ1n) is 7.07. The minimum Gasteiger partial charge on any atom is -0.490 e. The van der Waals surface area contributed by atoms with Gasteiger partial charge in [0.15, 0.2) is 0 Å². The number of rotatable bonds is 5. The maximum absolute atomic E-state index is 5.96. The molecule has 1 saturated carbocycles. The fourth-order valence-electron chi connectivity index (χ4n) is 2.39. The van der Waals surface area contributed by atoms with Crippen molar-refractivity contribution in [1.82, 2.24) is 5.32 Å². The van der Waals surface area contributed by atoms with Crippen molar-refractivity contribution in [3.05, 3.63) is 29.8 Å². The predicted molar refractivity (Wildman–Crippen MR) is 76.2 cm³/mol. The summed E-state index contributed by atoms with van der Waals surface area (Å²) in [7, 11) is 0. The average Bonchev–Trinajstić information content (AvgIpc) is 2.26. The Hall–Kier alpha value is -1.02. The van der Waals surface area contributed by atoms with Gasteiger partial charge in [0, 0.05) is 12.1 Å². The third-order valence-electron chi connectivity index (χ3n) is 3.51. The van der Waals surface area contributed by atoms with Crippen LogP contribution < -0.4 is 10.1 Å². The molecule has 1 aromatic carbocycles. The quantitative estimate of drug-likeness (QED) is 0.856. The fraction of sp³-hybridized carbons (Fsp3) is 0.625. The van der Waals surface area contributed by atoms with Crippen LogP contribution in [0.15, 0.2) is 24.3 Å². The molecule has 100 valence electrons. The summed E-state index contributed by atoms with van der Waals surface area (Å²) in [6, 6.07) is 9.74. The van der Waals surface area contributed by atoms with E-state index in [0.29, 0.717) is 24.1 Å². The lowest BCUT2D eigenvalue weighted by Crippen LogP contribution is -2.49. The van der Waals surface area contributed by atoms with E-state index in [-0.39, 0.29) is 0 Å². The Balaban J connectivity index is 1.78. The molecule has 0 radical (unpaired) electrons. The molecule has 0 bridgehead atoms. The van der Waals surface area contributed by atoms with E-state index in [4.69, 9.17) is 4.74 Å². The summed E-state index contributed by atoms with van der Waals surface area (Å²) in [5, 5.41) is 3.54. The van der Waals surface area contributed by atoms with Crippen molar-refractivity contribution in [1.29, 1.82) is 0 Å². The van der Waals surface area contributed by atoms with Crippen molar-refractivity contribution < 1.29 is 4.74 Å². The van der Waals surface area contributed by atoms with Crippen LogP contribution >= 0.6 is 0 Å². The van der Waals surface area contributed by atoms with Crippen LogP contribution in [0.1, 0.15) is 52.0 Å². The SMILES string of the molecule is CC(C)N[C@H]1C[C@H](Oc2ccc(C(C)C)cc2)C1. The van der Waals surface area contributed by atoms with Crippen molar-refractivity contribution in [3.63, 3.8) is 0 Å². The van der Waals surface area contributed by atoms with Gasteiger partial charge in [-0.25, -0.2) is 0 Å². The van der Waals surface area contributed by atoms with Gasteiger partial charge in [-0.1, -0.05) is 39.8 Å². The van der Waals surface area contributed by atoms with Gasteiger partial charge in [-0.2, -0.15) is 0 Å². The molecule has 2 rings (SSSR count). The van der Waals surface area contributed by atoms with Crippen LogP contribution in [0.3, 0.4) is 0 Å². The number of ether oxygens (including phenoxy) is 1. The van der Waals surface area contributed by atoms with Crippen LogP contribution in [0.25, 0.3) is 0 Å². The van der Waals surface area contributed by atoms with Crippen LogP contribution in [-0.2, 0) is 0 Å². The molecule has 0 saturated heterocycles. The number of benzene rings is 1. The normalized spacial score (nSPS) is 23.2. The van der Waals surface area contributed by atoms with E-state index in [9.17, 15) is 0 Å². The zero-order chi connectivity index (χ0) is 13.1. The first kappa shape index (κ1) is 13.4. The van der Waals surface area contributed by atoms with Crippen molar-refractivity contribution in [2.45, 2.75) is 64.6 Å². The molecule has 1 N–H and O–H groups in total. The minimum atomic E-state index is 0.395. The second-order valence-electron chi connectivity index (χ2n) is 5.95. The summed E-state index contributed by atoms with van der Waals surface area (Å²) in [6.45, 7) is 8.81. The Kier molecular flexibility index (Phi) is 4.28.